The number of para-hydroxylation sites is 3. The normalized spacial score (nSPS) is 11.1. The van der Waals surface area contributed by atoms with Gasteiger partial charge in [-0.3, -0.25) is 0 Å². The van der Waals surface area contributed by atoms with Gasteiger partial charge in [0.25, 0.3) is 0 Å². The highest BCUT2D eigenvalue weighted by atomic mass is 19.4. The van der Waals surface area contributed by atoms with E-state index in [4.69, 9.17) is 4.74 Å². The van der Waals surface area contributed by atoms with Gasteiger partial charge >= 0.3 is 6.36 Å². The molecular weight excluding hydrogens is 245 g/mol. The summed E-state index contributed by atoms with van der Waals surface area (Å²) in [7, 11) is 0. The van der Waals surface area contributed by atoms with E-state index in [1.54, 1.807) is 30.3 Å². The van der Waals surface area contributed by atoms with Crippen LogP contribution in [0.2, 0.25) is 0 Å². The molecule has 0 atom stereocenters. The predicted molar refractivity (Wildman–Crippen MR) is 58.5 cm³/mol. The molecular formula is C13H8F3O2. The molecule has 2 aromatic rings. The molecule has 0 heterocycles. The van der Waals surface area contributed by atoms with Gasteiger partial charge < -0.3 is 9.47 Å². The van der Waals surface area contributed by atoms with Crippen molar-refractivity contribution in [3.63, 3.8) is 0 Å². The van der Waals surface area contributed by atoms with E-state index in [-0.39, 0.29) is 11.5 Å². The molecule has 2 aromatic carbocycles. The average molecular weight is 253 g/mol. The fourth-order valence-corrected chi connectivity index (χ4v) is 1.30. The van der Waals surface area contributed by atoms with E-state index in [1.807, 2.05) is 0 Å². The van der Waals surface area contributed by atoms with Crippen LogP contribution in [0.5, 0.6) is 17.2 Å². The van der Waals surface area contributed by atoms with E-state index >= 15 is 0 Å². The molecule has 5 heteroatoms. The first kappa shape index (κ1) is 12.3. The minimum absolute atomic E-state index is 0.0164. The second-order valence-corrected chi connectivity index (χ2v) is 3.32. The number of halogens is 3. The summed E-state index contributed by atoms with van der Waals surface area (Å²) in [6.45, 7) is 0. The number of hydrogen-bond acceptors (Lipinski definition) is 2. The molecule has 0 bridgehead atoms. The van der Waals surface area contributed by atoms with Crippen LogP contribution in [0.3, 0.4) is 0 Å². The molecule has 0 amide bonds. The lowest BCUT2D eigenvalue weighted by molar-refractivity contribution is -0.275. The smallest absolute Gasteiger partial charge is 0.453 e. The van der Waals surface area contributed by atoms with Gasteiger partial charge in [-0.25, -0.2) is 0 Å². The van der Waals surface area contributed by atoms with Crippen LogP contribution in [0.1, 0.15) is 0 Å². The maximum atomic E-state index is 12.2. The zero-order valence-corrected chi connectivity index (χ0v) is 9.07. The molecule has 0 aliphatic carbocycles. The largest absolute Gasteiger partial charge is 0.573 e. The maximum Gasteiger partial charge on any atom is 0.573 e. The van der Waals surface area contributed by atoms with Crippen molar-refractivity contribution >= 4 is 0 Å². The molecule has 0 spiro atoms. The summed E-state index contributed by atoms with van der Waals surface area (Å²) in [5.41, 5.74) is 0. The van der Waals surface area contributed by atoms with Crippen molar-refractivity contribution in [1.82, 2.24) is 0 Å². The summed E-state index contributed by atoms with van der Waals surface area (Å²) < 4.78 is 45.7. The second kappa shape index (κ2) is 5.00. The molecule has 0 aliphatic heterocycles. The van der Waals surface area contributed by atoms with Crippen LogP contribution in [-0.4, -0.2) is 6.36 Å². The van der Waals surface area contributed by atoms with Gasteiger partial charge in [0.2, 0.25) is 0 Å². The quantitative estimate of drug-likeness (QED) is 0.817. The van der Waals surface area contributed by atoms with Crippen LogP contribution >= 0.6 is 0 Å². The van der Waals surface area contributed by atoms with E-state index < -0.39 is 6.36 Å². The Hall–Kier alpha value is -2.17. The van der Waals surface area contributed by atoms with E-state index in [1.165, 1.54) is 18.2 Å². The average Bonchev–Trinajstić information content (AvgIpc) is 2.31. The van der Waals surface area contributed by atoms with Gasteiger partial charge in [-0.2, -0.15) is 0 Å². The summed E-state index contributed by atoms with van der Waals surface area (Å²) in [6, 6.07) is 14.9. The minimum Gasteiger partial charge on any atom is -0.453 e. The number of rotatable bonds is 3. The fraction of sp³-hybridized carbons (Fsp3) is 0.0769. The Balaban J connectivity index is 2.23. The van der Waals surface area contributed by atoms with Gasteiger partial charge in [0.05, 0.1) is 0 Å². The molecule has 18 heavy (non-hydrogen) atoms. The lowest BCUT2D eigenvalue weighted by atomic mass is 10.3. The van der Waals surface area contributed by atoms with Crippen molar-refractivity contribution in [1.29, 1.82) is 0 Å². The monoisotopic (exact) mass is 253 g/mol. The van der Waals surface area contributed by atoms with Gasteiger partial charge in [0, 0.05) is 6.07 Å². The van der Waals surface area contributed by atoms with Crippen LogP contribution in [-0.2, 0) is 0 Å². The molecule has 0 unspecified atom stereocenters. The van der Waals surface area contributed by atoms with E-state index in [9.17, 15) is 13.2 Å². The highest BCUT2D eigenvalue weighted by Gasteiger charge is 2.32. The summed E-state index contributed by atoms with van der Waals surface area (Å²) in [5.74, 6) is -0.0877. The molecule has 1 radical (unpaired) electrons. The van der Waals surface area contributed by atoms with Gasteiger partial charge in [0.15, 0.2) is 11.5 Å². The van der Waals surface area contributed by atoms with E-state index in [0.717, 1.165) is 0 Å². The van der Waals surface area contributed by atoms with E-state index in [2.05, 4.69) is 10.8 Å². The van der Waals surface area contributed by atoms with E-state index in [0.29, 0.717) is 5.75 Å². The molecule has 93 valence electrons. The fourth-order valence-electron chi connectivity index (χ4n) is 1.30. The molecule has 0 aliphatic rings. The van der Waals surface area contributed by atoms with Crippen LogP contribution in [0.25, 0.3) is 0 Å². The number of benzene rings is 2. The standard InChI is InChI=1S/C13H8F3O2/c14-13(15,16)18-12-9-5-4-8-11(12)17-10-6-2-1-3-7-10/h1-6,8-9H. The molecule has 0 aromatic heterocycles. The molecule has 2 rings (SSSR count). The van der Waals surface area contributed by atoms with Crippen molar-refractivity contribution in [3.05, 3.63) is 54.6 Å². The van der Waals surface area contributed by atoms with Crippen molar-refractivity contribution in [2.24, 2.45) is 0 Å². The van der Waals surface area contributed by atoms with Crippen LogP contribution < -0.4 is 9.47 Å². The van der Waals surface area contributed by atoms with Crippen LogP contribution in [0.15, 0.2) is 48.5 Å². The van der Waals surface area contributed by atoms with Crippen molar-refractivity contribution in [2.45, 2.75) is 6.36 Å². The predicted octanol–water partition coefficient (Wildman–Crippen LogP) is 4.18. The summed E-state index contributed by atoms with van der Waals surface area (Å²) >= 11 is 0. The molecule has 0 N–H and O–H groups in total. The second-order valence-electron chi connectivity index (χ2n) is 3.32. The SMILES string of the molecule is FC(F)(F)Oc1ccccc1Oc1[c]cccc1. The Labute approximate surface area is 102 Å². The summed E-state index contributed by atoms with van der Waals surface area (Å²) in [4.78, 5) is 0. The number of alkyl halides is 3. The van der Waals surface area contributed by atoms with Crippen molar-refractivity contribution in [2.75, 3.05) is 0 Å². The van der Waals surface area contributed by atoms with Gasteiger partial charge in [-0.1, -0.05) is 30.3 Å². The first-order chi connectivity index (χ1) is 8.54. The molecule has 0 saturated heterocycles. The Morgan fingerprint density at radius 1 is 0.889 bits per heavy atom. The maximum absolute atomic E-state index is 12.2. The Kier molecular flexibility index (Phi) is 3.41. The highest BCUT2D eigenvalue weighted by molar-refractivity contribution is 5.42. The highest BCUT2D eigenvalue weighted by Crippen LogP contribution is 2.34. The number of hydrogen-bond donors (Lipinski definition) is 0. The molecule has 0 saturated carbocycles. The van der Waals surface area contributed by atoms with Gasteiger partial charge in [-0.05, 0) is 18.2 Å². The summed E-state index contributed by atoms with van der Waals surface area (Å²) in [5, 5.41) is 0. The Morgan fingerprint density at radius 3 is 2.17 bits per heavy atom. The third kappa shape index (κ3) is 3.41. The molecule has 2 nitrogen and oxygen atoms in total. The zero-order valence-electron chi connectivity index (χ0n) is 9.07. The first-order valence-corrected chi connectivity index (χ1v) is 5.04. The van der Waals surface area contributed by atoms with Crippen LogP contribution in [0, 0.1) is 6.07 Å². The van der Waals surface area contributed by atoms with Crippen molar-refractivity contribution in [3.8, 4) is 17.2 Å². The van der Waals surface area contributed by atoms with Crippen molar-refractivity contribution < 1.29 is 22.6 Å². The Bertz CT molecular complexity index is 509. The topological polar surface area (TPSA) is 18.5 Å². The first-order valence-electron chi connectivity index (χ1n) is 5.04. The van der Waals surface area contributed by atoms with Gasteiger partial charge in [0.1, 0.15) is 5.75 Å². The third-order valence-electron chi connectivity index (χ3n) is 1.98. The summed E-state index contributed by atoms with van der Waals surface area (Å²) in [6.07, 6.45) is -4.75. The third-order valence-corrected chi connectivity index (χ3v) is 1.98. The van der Waals surface area contributed by atoms with Gasteiger partial charge in [-0.15, -0.1) is 13.2 Å². The lowest BCUT2D eigenvalue weighted by Gasteiger charge is -2.13. The number of ether oxygens (including phenoxy) is 2. The Morgan fingerprint density at radius 2 is 1.56 bits per heavy atom. The lowest BCUT2D eigenvalue weighted by Crippen LogP contribution is -2.17. The molecule has 0 fully saturated rings. The minimum atomic E-state index is -4.75. The zero-order chi connectivity index (χ0) is 13.0. The van der Waals surface area contributed by atoms with Crippen LogP contribution in [0.4, 0.5) is 13.2 Å².